The summed E-state index contributed by atoms with van der Waals surface area (Å²) in [4.78, 5) is 26.1. The van der Waals surface area contributed by atoms with Gasteiger partial charge in [0.05, 0.1) is 29.7 Å². The zero-order valence-electron chi connectivity index (χ0n) is 22.2. The van der Waals surface area contributed by atoms with Gasteiger partial charge in [0.15, 0.2) is 0 Å². The van der Waals surface area contributed by atoms with Crippen LogP contribution in [0.1, 0.15) is 6.42 Å². The van der Waals surface area contributed by atoms with Gasteiger partial charge in [-0.15, -0.1) is 0 Å². The van der Waals surface area contributed by atoms with Gasteiger partial charge in [0.25, 0.3) is 0 Å². The van der Waals surface area contributed by atoms with Crippen molar-refractivity contribution in [1.29, 1.82) is 0 Å². The van der Waals surface area contributed by atoms with E-state index in [0.29, 0.717) is 34.6 Å². The summed E-state index contributed by atoms with van der Waals surface area (Å²) in [5.74, 6) is 0.280. The molecule has 1 atom stereocenters. The van der Waals surface area contributed by atoms with E-state index >= 15 is 0 Å². The molecule has 4 aromatic rings. The molecular weight excluding hydrogens is 495 g/mol. The number of hydrogen-bond acceptors (Lipinski definition) is 7. The van der Waals surface area contributed by atoms with Crippen molar-refractivity contribution < 1.29 is 13.9 Å². The van der Waals surface area contributed by atoms with Gasteiger partial charge in [-0.1, -0.05) is 36.9 Å². The van der Waals surface area contributed by atoms with Crippen LogP contribution < -0.4 is 20.3 Å². The number of methoxy groups -OCH3 is 1. The van der Waals surface area contributed by atoms with Gasteiger partial charge in [0.2, 0.25) is 11.9 Å². The normalized spacial score (nSPS) is 15.2. The molecular formula is C30H31FN6O2. The minimum atomic E-state index is -0.315. The number of carbonyl (C=O) groups is 1. The SMILES string of the molecule is C=CC(=O)Nc1cc(Nc2ncc3cccc(-c4cccc(F)c4)c3n2)c(OC)cc1N(C)C1CCN(C)C1. The Morgan fingerprint density at radius 2 is 2.03 bits per heavy atom. The van der Waals surface area contributed by atoms with E-state index in [1.54, 1.807) is 19.4 Å². The number of likely N-dealkylation sites (tertiary alicyclic amines) is 1. The second-order valence-electron chi connectivity index (χ2n) is 9.65. The van der Waals surface area contributed by atoms with Crippen molar-refractivity contribution >= 4 is 39.8 Å². The van der Waals surface area contributed by atoms with Crippen LogP contribution in [-0.2, 0) is 4.79 Å². The van der Waals surface area contributed by atoms with Crippen molar-refractivity contribution in [3.05, 3.63) is 79.3 Å². The van der Waals surface area contributed by atoms with Gasteiger partial charge in [-0.2, -0.15) is 0 Å². The average molecular weight is 527 g/mol. The maximum Gasteiger partial charge on any atom is 0.247 e. The summed E-state index contributed by atoms with van der Waals surface area (Å²) in [6, 6.07) is 16.2. The molecule has 3 aromatic carbocycles. The molecule has 0 radical (unpaired) electrons. The summed E-state index contributed by atoms with van der Waals surface area (Å²) < 4.78 is 19.7. The number of amides is 1. The molecule has 1 saturated heterocycles. The molecule has 9 heteroatoms. The summed E-state index contributed by atoms with van der Waals surface area (Å²) in [5.41, 5.74) is 4.23. The Morgan fingerprint density at radius 3 is 2.74 bits per heavy atom. The molecule has 1 unspecified atom stereocenters. The summed E-state index contributed by atoms with van der Waals surface area (Å²) in [7, 11) is 5.72. The smallest absolute Gasteiger partial charge is 0.247 e. The molecule has 1 fully saturated rings. The first-order chi connectivity index (χ1) is 18.9. The van der Waals surface area contributed by atoms with Gasteiger partial charge in [0, 0.05) is 42.8 Å². The lowest BCUT2D eigenvalue weighted by molar-refractivity contribution is -0.111. The van der Waals surface area contributed by atoms with Crippen LogP contribution in [-0.4, -0.2) is 61.1 Å². The Morgan fingerprint density at radius 1 is 1.21 bits per heavy atom. The van der Waals surface area contributed by atoms with Crippen molar-refractivity contribution in [3.8, 4) is 16.9 Å². The van der Waals surface area contributed by atoms with E-state index < -0.39 is 0 Å². The minimum Gasteiger partial charge on any atom is -0.494 e. The van der Waals surface area contributed by atoms with Crippen LogP contribution in [0, 0.1) is 5.82 Å². The lowest BCUT2D eigenvalue weighted by atomic mass is 10.0. The molecule has 5 rings (SSSR count). The van der Waals surface area contributed by atoms with Gasteiger partial charge >= 0.3 is 0 Å². The molecule has 1 aliphatic heterocycles. The topological polar surface area (TPSA) is 82.6 Å². The van der Waals surface area contributed by atoms with E-state index in [4.69, 9.17) is 9.72 Å². The maximum atomic E-state index is 14.0. The number of halogens is 1. The van der Waals surface area contributed by atoms with Gasteiger partial charge in [-0.05, 0) is 49.9 Å². The molecule has 0 saturated carbocycles. The second kappa shape index (κ2) is 11.1. The summed E-state index contributed by atoms with van der Waals surface area (Å²) in [5, 5.41) is 7.02. The molecule has 0 aliphatic carbocycles. The van der Waals surface area contributed by atoms with E-state index in [1.165, 1.54) is 18.2 Å². The fourth-order valence-electron chi connectivity index (χ4n) is 4.96. The molecule has 39 heavy (non-hydrogen) atoms. The second-order valence-corrected chi connectivity index (χ2v) is 9.65. The number of rotatable bonds is 8. The number of likely N-dealkylation sites (N-methyl/N-ethyl adjacent to an activating group) is 2. The van der Waals surface area contributed by atoms with Crippen LogP contribution in [0.5, 0.6) is 5.75 Å². The lowest BCUT2D eigenvalue weighted by Gasteiger charge is -2.29. The first-order valence-electron chi connectivity index (χ1n) is 12.7. The number of nitrogens with one attached hydrogen (secondary N) is 2. The highest BCUT2D eigenvalue weighted by Gasteiger charge is 2.26. The third-order valence-corrected chi connectivity index (χ3v) is 7.05. The van der Waals surface area contributed by atoms with Crippen molar-refractivity contribution in [1.82, 2.24) is 14.9 Å². The molecule has 1 aliphatic rings. The number of anilines is 4. The van der Waals surface area contributed by atoms with Crippen molar-refractivity contribution in [2.45, 2.75) is 12.5 Å². The van der Waals surface area contributed by atoms with E-state index in [1.807, 2.05) is 43.4 Å². The monoisotopic (exact) mass is 526 g/mol. The zero-order chi connectivity index (χ0) is 27.5. The molecule has 0 spiro atoms. The van der Waals surface area contributed by atoms with E-state index in [9.17, 15) is 9.18 Å². The number of carbonyl (C=O) groups excluding carboxylic acids is 1. The third kappa shape index (κ3) is 5.53. The van der Waals surface area contributed by atoms with Crippen LogP contribution in [0.15, 0.2) is 73.4 Å². The van der Waals surface area contributed by atoms with E-state index in [-0.39, 0.29) is 11.7 Å². The highest BCUT2D eigenvalue weighted by molar-refractivity contribution is 6.02. The Labute approximate surface area is 227 Å². The van der Waals surface area contributed by atoms with E-state index in [2.05, 4.69) is 39.0 Å². The fraction of sp³-hybridized carbons (Fsp3) is 0.233. The standard InChI is InChI=1S/C30H31FN6O2/c1-5-28(38)33-24-15-25(27(39-4)16-26(24)37(3)22-12-13-36(2)18-22)34-30-32-17-20-9-7-11-23(29(20)35-30)19-8-6-10-21(31)14-19/h5-11,14-17,22H,1,12-13,18H2,2-4H3,(H,33,38)(H,32,34,35). The van der Waals surface area contributed by atoms with Crippen molar-refractivity contribution in [2.24, 2.45) is 0 Å². The summed E-state index contributed by atoms with van der Waals surface area (Å²) >= 11 is 0. The van der Waals surface area contributed by atoms with Crippen LogP contribution in [0.3, 0.4) is 0 Å². The Balaban J connectivity index is 1.54. The Bertz CT molecular complexity index is 1540. The van der Waals surface area contributed by atoms with E-state index in [0.717, 1.165) is 41.7 Å². The van der Waals surface area contributed by atoms with Crippen molar-refractivity contribution in [3.63, 3.8) is 0 Å². The van der Waals surface area contributed by atoms with Gasteiger partial charge in [0.1, 0.15) is 11.6 Å². The lowest BCUT2D eigenvalue weighted by Crippen LogP contribution is -2.34. The minimum absolute atomic E-state index is 0.294. The maximum absolute atomic E-state index is 14.0. The third-order valence-electron chi connectivity index (χ3n) is 7.05. The number of aromatic nitrogens is 2. The molecule has 8 nitrogen and oxygen atoms in total. The Hall–Kier alpha value is -4.50. The van der Waals surface area contributed by atoms with Crippen LogP contribution in [0.4, 0.5) is 27.4 Å². The molecule has 2 N–H and O–H groups in total. The van der Waals surface area contributed by atoms with Gasteiger partial charge < -0.3 is 25.2 Å². The average Bonchev–Trinajstić information content (AvgIpc) is 3.38. The van der Waals surface area contributed by atoms with Crippen LogP contribution in [0.25, 0.3) is 22.0 Å². The molecule has 200 valence electrons. The van der Waals surface area contributed by atoms with Crippen LogP contribution >= 0.6 is 0 Å². The summed E-state index contributed by atoms with van der Waals surface area (Å²) in [6.45, 7) is 5.53. The fourth-order valence-corrected chi connectivity index (χ4v) is 4.96. The Kier molecular flexibility index (Phi) is 7.42. The number of fused-ring (bicyclic) bond motifs is 1. The predicted molar refractivity (Wildman–Crippen MR) is 154 cm³/mol. The van der Waals surface area contributed by atoms with Crippen LogP contribution in [0.2, 0.25) is 0 Å². The number of nitrogens with zero attached hydrogens (tertiary/aromatic N) is 4. The number of hydrogen-bond donors (Lipinski definition) is 2. The van der Waals surface area contributed by atoms with Gasteiger partial charge in [-0.25, -0.2) is 14.4 Å². The first kappa shape index (κ1) is 26.1. The highest BCUT2D eigenvalue weighted by atomic mass is 19.1. The molecule has 0 bridgehead atoms. The molecule has 2 heterocycles. The molecule has 1 amide bonds. The number of ether oxygens (including phenoxy) is 1. The van der Waals surface area contributed by atoms with Gasteiger partial charge in [-0.3, -0.25) is 4.79 Å². The zero-order valence-corrected chi connectivity index (χ0v) is 22.2. The first-order valence-corrected chi connectivity index (χ1v) is 12.7. The number of para-hydroxylation sites is 1. The molecule has 1 aromatic heterocycles. The largest absolute Gasteiger partial charge is 0.494 e. The predicted octanol–water partition coefficient (Wildman–Crippen LogP) is 5.45. The number of benzene rings is 3. The summed E-state index contributed by atoms with van der Waals surface area (Å²) in [6.07, 6.45) is 3.98. The quantitative estimate of drug-likeness (QED) is 0.295. The van der Waals surface area contributed by atoms with Crippen molar-refractivity contribution in [2.75, 3.05) is 49.8 Å². The highest BCUT2D eigenvalue weighted by Crippen LogP contribution is 2.39.